The summed E-state index contributed by atoms with van der Waals surface area (Å²) in [6.07, 6.45) is 1.78. The molecule has 1 aromatic heterocycles. The van der Waals surface area contributed by atoms with Gasteiger partial charge in [-0.25, -0.2) is 0 Å². The second-order valence-corrected chi connectivity index (χ2v) is 8.03. The molecular weight excluding hydrogens is 370 g/mol. The average molecular weight is 398 g/mol. The van der Waals surface area contributed by atoms with E-state index in [-0.39, 0.29) is 11.8 Å². The first-order valence-corrected chi connectivity index (χ1v) is 10.5. The first-order chi connectivity index (χ1) is 13.5. The van der Waals surface area contributed by atoms with Crippen molar-refractivity contribution in [3.8, 4) is 0 Å². The lowest BCUT2D eigenvalue weighted by atomic mass is 10.1. The molecule has 1 aromatic carbocycles. The fraction of sp³-hybridized carbons (Fsp3) is 0.364. The van der Waals surface area contributed by atoms with Crippen LogP contribution in [0.1, 0.15) is 33.3 Å². The predicted octanol–water partition coefficient (Wildman–Crippen LogP) is 3.30. The van der Waals surface area contributed by atoms with Crippen LogP contribution in [0.25, 0.3) is 6.08 Å². The van der Waals surface area contributed by atoms with Gasteiger partial charge in [-0.1, -0.05) is 19.1 Å². The standard InChI is InChI=1S/C22H27N3O2S/c1-4-24-9-11-25(12-10-24)22(27)20(15-19-6-5-13-28-19)23-21(26)18-8-7-16(2)17(3)14-18/h5-8,13-15H,4,9-12H2,1-3H3,(H,23,26)/b20-15-. The highest BCUT2D eigenvalue weighted by Gasteiger charge is 2.24. The number of hydrogen-bond donors (Lipinski definition) is 1. The van der Waals surface area contributed by atoms with Gasteiger partial charge in [0.25, 0.3) is 11.8 Å². The summed E-state index contributed by atoms with van der Waals surface area (Å²) in [4.78, 5) is 31.0. The van der Waals surface area contributed by atoms with Gasteiger partial charge in [-0.15, -0.1) is 11.3 Å². The van der Waals surface area contributed by atoms with E-state index in [0.717, 1.165) is 35.6 Å². The zero-order valence-corrected chi connectivity index (χ0v) is 17.5. The van der Waals surface area contributed by atoms with Crippen molar-refractivity contribution in [3.05, 3.63) is 63.0 Å². The van der Waals surface area contributed by atoms with E-state index >= 15 is 0 Å². The smallest absolute Gasteiger partial charge is 0.270 e. The van der Waals surface area contributed by atoms with Gasteiger partial charge in [0.05, 0.1) is 0 Å². The summed E-state index contributed by atoms with van der Waals surface area (Å²) in [6, 6.07) is 9.46. The van der Waals surface area contributed by atoms with Crippen LogP contribution in [0.2, 0.25) is 0 Å². The van der Waals surface area contributed by atoms with Crippen molar-refractivity contribution >= 4 is 29.2 Å². The summed E-state index contributed by atoms with van der Waals surface area (Å²) >= 11 is 1.54. The number of amides is 2. The molecule has 2 aromatic rings. The highest BCUT2D eigenvalue weighted by molar-refractivity contribution is 7.10. The van der Waals surface area contributed by atoms with Crippen LogP contribution in [-0.4, -0.2) is 54.3 Å². The van der Waals surface area contributed by atoms with E-state index in [1.54, 1.807) is 12.1 Å². The van der Waals surface area contributed by atoms with Gasteiger partial charge in [0.15, 0.2) is 0 Å². The lowest BCUT2D eigenvalue weighted by molar-refractivity contribution is -0.129. The van der Waals surface area contributed by atoms with Crippen molar-refractivity contribution in [2.45, 2.75) is 20.8 Å². The molecule has 1 N–H and O–H groups in total. The lowest BCUT2D eigenvalue weighted by Crippen LogP contribution is -2.50. The van der Waals surface area contributed by atoms with E-state index in [0.29, 0.717) is 24.4 Å². The van der Waals surface area contributed by atoms with Crippen molar-refractivity contribution in [1.29, 1.82) is 0 Å². The number of hydrogen-bond acceptors (Lipinski definition) is 4. The average Bonchev–Trinajstić information content (AvgIpc) is 3.22. The van der Waals surface area contributed by atoms with Crippen molar-refractivity contribution < 1.29 is 9.59 Å². The van der Waals surface area contributed by atoms with Crippen molar-refractivity contribution in [2.24, 2.45) is 0 Å². The third-order valence-electron chi connectivity index (χ3n) is 5.18. The fourth-order valence-electron chi connectivity index (χ4n) is 3.18. The van der Waals surface area contributed by atoms with E-state index < -0.39 is 0 Å². The molecule has 2 heterocycles. The Bertz CT molecular complexity index is 866. The molecule has 5 nitrogen and oxygen atoms in total. The second-order valence-electron chi connectivity index (χ2n) is 7.05. The van der Waals surface area contributed by atoms with Crippen molar-refractivity contribution in [1.82, 2.24) is 15.1 Å². The number of likely N-dealkylation sites (N-methyl/N-ethyl adjacent to an activating group) is 1. The Labute approximate surface area is 170 Å². The Kier molecular flexibility index (Phi) is 6.65. The van der Waals surface area contributed by atoms with Gasteiger partial charge in [0.2, 0.25) is 0 Å². The first-order valence-electron chi connectivity index (χ1n) is 9.63. The molecule has 1 saturated heterocycles. The Hall–Kier alpha value is -2.44. The molecule has 0 spiro atoms. The van der Waals surface area contributed by atoms with Gasteiger partial charge in [-0.3, -0.25) is 9.59 Å². The summed E-state index contributed by atoms with van der Waals surface area (Å²) in [5.41, 5.74) is 3.08. The summed E-state index contributed by atoms with van der Waals surface area (Å²) in [5.74, 6) is -0.382. The van der Waals surface area contributed by atoms with Gasteiger partial charge in [0.1, 0.15) is 5.70 Å². The summed E-state index contributed by atoms with van der Waals surface area (Å²) in [7, 11) is 0. The van der Waals surface area contributed by atoms with Gasteiger partial charge in [0, 0.05) is 36.6 Å². The molecule has 3 rings (SSSR count). The SMILES string of the molecule is CCN1CCN(C(=O)/C(=C/c2cccs2)NC(=O)c2ccc(C)c(C)c2)CC1. The van der Waals surface area contributed by atoms with Crippen LogP contribution in [0.5, 0.6) is 0 Å². The van der Waals surface area contributed by atoms with Crippen molar-refractivity contribution in [3.63, 3.8) is 0 Å². The predicted molar refractivity (Wildman–Crippen MR) is 114 cm³/mol. The molecular formula is C22H27N3O2S. The molecule has 0 saturated carbocycles. The van der Waals surface area contributed by atoms with E-state index in [1.807, 2.05) is 48.4 Å². The zero-order chi connectivity index (χ0) is 20.1. The number of nitrogens with zero attached hydrogens (tertiary/aromatic N) is 2. The van der Waals surface area contributed by atoms with Gasteiger partial charge in [-0.2, -0.15) is 0 Å². The molecule has 6 heteroatoms. The van der Waals surface area contributed by atoms with E-state index in [2.05, 4.69) is 17.1 Å². The Morgan fingerprint density at radius 1 is 1.11 bits per heavy atom. The lowest BCUT2D eigenvalue weighted by Gasteiger charge is -2.34. The molecule has 1 aliphatic heterocycles. The normalized spacial score (nSPS) is 15.5. The van der Waals surface area contributed by atoms with Crippen molar-refractivity contribution in [2.75, 3.05) is 32.7 Å². The zero-order valence-electron chi connectivity index (χ0n) is 16.7. The fourth-order valence-corrected chi connectivity index (χ4v) is 3.84. The highest BCUT2D eigenvalue weighted by atomic mass is 32.1. The summed E-state index contributed by atoms with van der Waals surface area (Å²) < 4.78 is 0. The van der Waals surface area contributed by atoms with E-state index in [4.69, 9.17) is 0 Å². The number of benzene rings is 1. The van der Waals surface area contributed by atoms with Crippen LogP contribution in [-0.2, 0) is 4.79 Å². The van der Waals surface area contributed by atoms with Gasteiger partial charge in [-0.05, 0) is 61.2 Å². The number of carbonyl (C=O) groups excluding carboxylic acids is 2. The van der Waals surface area contributed by atoms with Gasteiger partial charge >= 0.3 is 0 Å². The molecule has 1 fully saturated rings. The molecule has 0 bridgehead atoms. The number of nitrogens with one attached hydrogen (secondary N) is 1. The molecule has 28 heavy (non-hydrogen) atoms. The number of aryl methyl sites for hydroxylation is 2. The van der Waals surface area contributed by atoms with Crippen LogP contribution in [0.4, 0.5) is 0 Å². The van der Waals surface area contributed by atoms with Crippen LogP contribution < -0.4 is 5.32 Å². The summed E-state index contributed by atoms with van der Waals surface area (Å²) in [5, 5.41) is 4.82. The Morgan fingerprint density at radius 2 is 1.86 bits per heavy atom. The molecule has 0 unspecified atom stereocenters. The maximum Gasteiger partial charge on any atom is 0.270 e. The topological polar surface area (TPSA) is 52.6 Å². The Balaban J connectivity index is 1.80. The van der Waals surface area contributed by atoms with Crippen LogP contribution >= 0.6 is 11.3 Å². The quantitative estimate of drug-likeness (QED) is 0.788. The van der Waals surface area contributed by atoms with E-state index in [1.165, 1.54) is 11.3 Å². The van der Waals surface area contributed by atoms with Gasteiger partial charge < -0.3 is 15.1 Å². The van der Waals surface area contributed by atoms with E-state index in [9.17, 15) is 9.59 Å². The minimum Gasteiger partial charge on any atom is -0.335 e. The minimum absolute atomic E-state index is 0.124. The monoisotopic (exact) mass is 397 g/mol. The molecule has 1 aliphatic rings. The number of piperazine rings is 1. The molecule has 0 aliphatic carbocycles. The number of thiophene rings is 1. The molecule has 2 amide bonds. The number of carbonyl (C=O) groups is 2. The van der Waals surface area contributed by atoms with Crippen LogP contribution in [0, 0.1) is 13.8 Å². The third kappa shape index (κ3) is 4.88. The highest BCUT2D eigenvalue weighted by Crippen LogP contribution is 2.16. The third-order valence-corrected chi connectivity index (χ3v) is 6.00. The minimum atomic E-state index is -0.258. The maximum absolute atomic E-state index is 13.1. The molecule has 148 valence electrons. The number of rotatable bonds is 5. The summed E-state index contributed by atoms with van der Waals surface area (Å²) in [6.45, 7) is 10.2. The Morgan fingerprint density at radius 3 is 2.46 bits per heavy atom. The van der Waals surface area contributed by atoms with Crippen LogP contribution in [0.3, 0.4) is 0 Å². The second kappa shape index (κ2) is 9.17. The largest absolute Gasteiger partial charge is 0.335 e. The maximum atomic E-state index is 13.1. The molecule has 0 radical (unpaired) electrons. The molecule has 0 atom stereocenters. The van der Waals surface area contributed by atoms with Crippen LogP contribution in [0.15, 0.2) is 41.4 Å². The first kappa shape index (κ1) is 20.3.